The van der Waals surface area contributed by atoms with Crippen LogP contribution in [0, 0.1) is 0 Å². The van der Waals surface area contributed by atoms with E-state index < -0.39 is 21.9 Å². The number of piperazine rings is 1. The highest BCUT2D eigenvalue weighted by molar-refractivity contribution is 7.89. The van der Waals surface area contributed by atoms with Gasteiger partial charge in [-0.2, -0.15) is 4.31 Å². The van der Waals surface area contributed by atoms with E-state index in [1.54, 1.807) is 18.2 Å². The SMILES string of the molecule is COC(=O)c1cccc(NC(=O)c2ccc(S(=O)(=O)N3CC[NH+](C)CC3)cc2)c1. The van der Waals surface area contributed by atoms with Gasteiger partial charge in [-0.1, -0.05) is 6.07 Å². The number of nitrogens with zero attached hydrogens (tertiary/aromatic N) is 1. The Morgan fingerprint density at radius 1 is 1.03 bits per heavy atom. The van der Waals surface area contributed by atoms with Crippen molar-refractivity contribution in [3.8, 4) is 0 Å². The van der Waals surface area contributed by atoms with Crippen LogP contribution in [0.1, 0.15) is 20.7 Å². The second-order valence-electron chi connectivity index (χ2n) is 6.91. The zero-order valence-corrected chi connectivity index (χ0v) is 17.2. The third-order valence-electron chi connectivity index (χ3n) is 4.87. The zero-order valence-electron chi connectivity index (χ0n) is 16.3. The Hall–Kier alpha value is -2.75. The molecule has 1 saturated heterocycles. The number of carbonyl (C=O) groups excluding carboxylic acids is 2. The van der Waals surface area contributed by atoms with Crippen LogP contribution in [0.2, 0.25) is 0 Å². The summed E-state index contributed by atoms with van der Waals surface area (Å²) >= 11 is 0. The lowest BCUT2D eigenvalue weighted by Crippen LogP contribution is -3.12. The van der Waals surface area contributed by atoms with Gasteiger partial charge in [0.05, 0.1) is 50.8 Å². The molecule has 1 aliphatic rings. The van der Waals surface area contributed by atoms with Gasteiger partial charge in [0.25, 0.3) is 5.91 Å². The molecule has 0 unspecified atom stereocenters. The summed E-state index contributed by atoms with van der Waals surface area (Å²) in [6, 6.07) is 12.2. The minimum absolute atomic E-state index is 0.168. The van der Waals surface area contributed by atoms with E-state index in [4.69, 9.17) is 0 Å². The molecule has 0 aliphatic carbocycles. The molecule has 0 spiro atoms. The van der Waals surface area contributed by atoms with Gasteiger partial charge in [-0.05, 0) is 42.5 Å². The Labute approximate surface area is 170 Å². The van der Waals surface area contributed by atoms with Gasteiger partial charge >= 0.3 is 5.97 Å². The van der Waals surface area contributed by atoms with Crippen LogP contribution in [0.3, 0.4) is 0 Å². The van der Waals surface area contributed by atoms with Crippen LogP contribution in [-0.4, -0.2) is 64.9 Å². The van der Waals surface area contributed by atoms with Crippen LogP contribution in [-0.2, 0) is 14.8 Å². The molecular weight excluding hydrogens is 394 g/mol. The Kier molecular flexibility index (Phi) is 6.31. The van der Waals surface area contributed by atoms with Crippen LogP contribution >= 0.6 is 0 Å². The van der Waals surface area contributed by atoms with Gasteiger partial charge in [0.2, 0.25) is 10.0 Å². The summed E-state index contributed by atoms with van der Waals surface area (Å²) < 4.78 is 31.7. The van der Waals surface area contributed by atoms with Crippen LogP contribution in [0.4, 0.5) is 5.69 Å². The fourth-order valence-corrected chi connectivity index (χ4v) is 4.52. The van der Waals surface area contributed by atoms with Crippen LogP contribution in [0.25, 0.3) is 0 Å². The number of ether oxygens (including phenoxy) is 1. The van der Waals surface area contributed by atoms with E-state index >= 15 is 0 Å². The number of methoxy groups -OCH3 is 1. The Bertz CT molecular complexity index is 997. The summed E-state index contributed by atoms with van der Waals surface area (Å²) in [5.74, 6) is -0.902. The van der Waals surface area contributed by atoms with Crippen molar-refractivity contribution in [3.63, 3.8) is 0 Å². The van der Waals surface area contributed by atoms with Gasteiger partial charge in [-0.25, -0.2) is 13.2 Å². The van der Waals surface area contributed by atoms with E-state index in [0.717, 1.165) is 13.1 Å². The number of nitrogens with one attached hydrogen (secondary N) is 2. The maximum absolute atomic E-state index is 12.8. The summed E-state index contributed by atoms with van der Waals surface area (Å²) in [7, 11) is -0.244. The summed E-state index contributed by atoms with van der Waals surface area (Å²) in [6.07, 6.45) is 0. The summed E-state index contributed by atoms with van der Waals surface area (Å²) in [6.45, 7) is 2.49. The van der Waals surface area contributed by atoms with Gasteiger partial charge in [0.15, 0.2) is 0 Å². The highest BCUT2D eigenvalue weighted by Crippen LogP contribution is 2.18. The highest BCUT2D eigenvalue weighted by atomic mass is 32.2. The number of anilines is 1. The second-order valence-corrected chi connectivity index (χ2v) is 8.85. The average molecular weight is 418 g/mol. The molecule has 2 aromatic rings. The number of hydrogen-bond acceptors (Lipinski definition) is 5. The normalized spacial score (nSPS) is 15.7. The van der Waals surface area contributed by atoms with Crippen molar-refractivity contribution in [2.75, 3.05) is 45.7 Å². The molecule has 1 heterocycles. The molecule has 0 bridgehead atoms. The number of quaternary nitrogens is 1. The van der Waals surface area contributed by atoms with Crippen molar-refractivity contribution < 1.29 is 27.6 Å². The topological polar surface area (TPSA) is 97.2 Å². The molecule has 2 aromatic carbocycles. The van der Waals surface area contributed by atoms with E-state index in [2.05, 4.69) is 10.1 Å². The van der Waals surface area contributed by atoms with Crippen molar-refractivity contribution in [2.45, 2.75) is 4.90 Å². The fraction of sp³-hybridized carbons (Fsp3) is 0.300. The maximum atomic E-state index is 12.8. The summed E-state index contributed by atoms with van der Waals surface area (Å²) in [4.78, 5) is 25.6. The number of likely N-dealkylation sites (N-methyl/N-ethyl adjacent to an activating group) is 1. The van der Waals surface area contributed by atoms with Crippen LogP contribution < -0.4 is 10.2 Å². The second kappa shape index (κ2) is 8.73. The molecule has 2 N–H and O–H groups in total. The predicted molar refractivity (Wildman–Crippen MR) is 108 cm³/mol. The van der Waals surface area contributed by atoms with Crippen molar-refractivity contribution in [1.82, 2.24) is 4.31 Å². The Morgan fingerprint density at radius 2 is 1.69 bits per heavy atom. The largest absolute Gasteiger partial charge is 0.465 e. The van der Waals surface area contributed by atoms with Crippen molar-refractivity contribution in [2.24, 2.45) is 0 Å². The van der Waals surface area contributed by atoms with E-state index in [-0.39, 0.29) is 4.90 Å². The van der Waals surface area contributed by atoms with Gasteiger partial charge < -0.3 is 15.0 Å². The van der Waals surface area contributed by atoms with Crippen LogP contribution in [0.5, 0.6) is 0 Å². The molecule has 0 atom stereocenters. The Balaban J connectivity index is 1.71. The lowest BCUT2D eigenvalue weighted by molar-refractivity contribution is -0.883. The van der Waals surface area contributed by atoms with E-state index in [1.807, 2.05) is 7.05 Å². The minimum Gasteiger partial charge on any atom is -0.465 e. The first kappa shape index (κ1) is 21.0. The maximum Gasteiger partial charge on any atom is 0.337 e. The molecule has 0 radical (unpaired) electrons. The number of hydrogen-bond donors (Lipinski definition) is 2. The minimum atomic E-state index is -3.57. The fourth-order valence-electron chi connectivity index (χ4n) is 3.08. The molecule has 1 amide bonds. The van der Waals surface area contributed by atoms with Gasteiger partial charge in [-0.3, -0.25) is 4.79 Å². The summed E-state index contributed by atoms with van der Waals surface area (Å²) in [5.41, 5.74) is 1.07. The monoisotopic (exact) mass is 418 g/mol. The first-order chi connectivity index (χ1) is 13.8. The summed E-state index contributed by atoms with van der Waals surface area (Å²) in [5, 5.41) is 2.69. The smallest absolute Gasteiger partial charge is 0.337 e. The van der Waals surface area contributed by atoms with E-state index in [9.17, 15) is 18.0 Å². The lowest BCUT2D eigenvalue weighted by atomic mass is 10.1. The standard InChI is InChI=1S/C20H23N3O5S/c1-22-10-12-23(13-11-22)29(26,27)18-8-6-15(7-9-18)19(24)21-17-5-3-4-16(14-17)20(25)28-2/h3-9,14H,10-13H2,1-2H3,(H,21,24)/p+1. The molecule has 154 valence electrons. The average Bonchev–Trinajstić information content (AvgIpc) is 2.73. The van der Waals surface area contributed by atoms with E-state index in [0.29, 0.717) is 29.9 Å². The van der Waals surface area contributed by atoms with Crippen molar-refractivity contribution in [3.05, 3.63) is 59.7 Å². The highest BCUT2D eigenvalue weighted by Gasteiger charge is 2.29. The number of rotatable bonds is 5. The molecule has 1 aliphatic heterocycles. The third-order valence-corrected chi connectivity index (χ3v) is 6.78. The number of carbonyl (C=O) groups is 2. The number of esters is 1. The molecule has 29 heavy (non-hydrogen) atoms. The molecule has 3 rings (SSSR count). The third kappa shape index (κ3) is 4.81. The number of amides is 1. The van der Waals surface area contributed by atoms with Crippen molar-refractivity contribution >= 4 is 27.6 Å². The number of benzene rings is 2. The van der Waals surface area contributed by atoms with E-state index in [1.165, 1.54) is 46.6 Å². The van der Waals surface area contributed by atoms with Crippen molar-refractivity contribution in [1.29, 1.82) is 0 Å². The number of sulfonamides is 1. The predicted octanol–water partition coefficient (Wildman–Crippen LogP) is 0.245. The van der Waals surface area contributed by atoms with Gasteiger partial charge in [0, 0.05) is 11.3 Å². The molecule has 1 fully saturated rings. The quantitative estimate of drug-likeness (QED) is 0.679. The van der Waals surface area contributed by atoms with Crippen LogP contribution in [0.15, 0.2) is 53.4 Å². The first-order valence-electron chi connectivity index (χ1n) is 9.22. The molecule has 0 aromatic heterocycles. The lowest BCUT2D eigenvalue weighted by Gasteiger charge is -2.29. The zero-order chi connectivity index (χ0) is 21.0. The molecule has 0 saturated carbocycles. The first-order valence-corrected chi connectivity index (χ1v) is 10.7. The Morgan fingerprint density at radius 3 is 2.31 bits per heavy atom. The molecule has 8 nitrogen and oxygen atoms in total. The molecule has 9 heteroatoms. The van der Waals surface area contributed by atoms with Gasteiger partial charge in [-0.15, -0.1) is 0 Å². The van der Waals surface area contributed by atoms with Gasteiger partial charge in [0.1, 0.15) is 0 Å². The molecular formula is C20H24N3O5S+.